The lowest BCUT2D eigenvalue weighted by Gasteiger charge is -2.32. The monoisotopic (exact) mass is 705 g/mol. The van der Waals surface area contributed by atoms with E-state index in [1.54, 1.807) is 0 Å². The zero-order valence-electron chi connectivity index (χ0n) is 29.9. The van der Waals surface area contributed by atoms with Crippen molar-refractivity contribution in [1.29, 1.82) is 0 Å². The molecule has 0 fully saturated rings. The number of aliphatic imine (C=N–C) groups is 1. The number of hydrogen-bond donors (Lipinski definition) is 2. The van der Waals surface area contributed by atoms with Gasteiger partial charge in [0.15, 0.2) is 0 Å². The first-order valence-electron chi connectivity index (χ1n) is 18.8. The van der Waals surface area contributed by atoms with E-state index in [0.717, 1.165) is 55.6 Å². The standard InChI is InChI=1S/C51H35N3O/c1-2-10-32(11-3-1)34-20-23-36(24-21-34)43-16-8-18-45-47(43)48-44(17-9-19-46(48)55-45)51-53-49(39-27-22-33-12-4-5-14-37(33)30-39)52-50(54-51)40-28-29-42-38(31-40)26-25-35-13-6-7-15-41(35)42/h1-31,49-50,52H,(H,53,54). The molecule has 0 spiro atoms. The van der Waals surface area contributed by atoms with E-state index in [9.17, 15) is 0 Å². The molecule has 4 nitrogen and oxygen atoms in total. The Bertz CT molecular complexity index is 3110. The van der Waals surface area contributed by atoms with Gasteiger partial charge in [-0.2, -0.15) is 0 Å². The van der Waals surface area contributed by atoms with Crippen molar-refractivity contribution >= 4 is 60.1 Å². The molecule has 2 unspecified atom stereocenters. The molecule has 11 rings (SSSR count). The number of benzene rings is 9. The van der Waals surface area contributed by atoms with E-state index in [0.29, 0.717) is 0 Å². The van der Waals surface area contributed by atoms with Crippen molar-refractivity contribution in [2.75, 3.05) is 0 Å². The Balaban J connectivity index is 1.07. The number of amidine groups is 1. The maximum atomic E-state index is 6.60. The van der Waals surface area contributed by atoms with Gasteiger partial charge in [-0.25, -0.2) is 4.99 Å². The van der Waals surface area contributed by atoms with Crippen LogP contribution in [0.15, 0.2) is 197 Å². The zero-order valence-corrected chi connectivity index (χ0v) is 29.9. The fourth-order valence-corrected chi connectivity index (χ4v) is 8.40. The highest BCUT2D eigenvalue weighted by molar-refractivity contribution is 6.21. The average molecular weight is 706 g/mol. The summed E-state index contributed by atoms with van der Waals surface area (Å²) >= 11 is 0. The summed E-state index contributed by atoms with van der Waals surface area (Å²) in [4.78, 5) is 5.44. The molecule has 260 valence electrons. The van der Waals surface area contributed by atoms with Crippen LogP contribution >= 0.6 is 0 Å². The van der Waals surface area contributed by atoms with Crippen molar-refractivity contribution in [2.24, 2.45) is 4.99 Å². The van der Waals surface area contributed by atoms with Crippen LogP contribution in [0.1, 0.15) is 29.0 Å². The number of nitrogens with one attached hydrogen (secondary N) is 2. The quantitative estimate of drug-likeness (QED) is 0.175. The summed E-state index contributed by atoms with van der Waals surface area (Å²) in [5.74, 6) is 0.822. The maximum absolute atomic E-state index is 6.60. The number of rotatable bonds is 5. The Morgan fingerprint density at radius 3 is 1.85 bits per heavy atom. The molecule has 1 aromatic heterocycles. The van der Waals surface area contributed by atoms with Crippen molar-refractivity contribution in [3.05, 3.63) is 205 Å². The van der Waals surface area contributed by atoms with Gasteiger partial charge in [0.25, 0.3) is 0 Å². The third-order valence-corrected chi connectivity index (χ3v) is 11.1. The normalized spacial score (nSPS) is 15.8. The summed E-state index contributed by atoms with van der Waals surface area (Å²) in [7, 11) is 0. The molecule has 9 aromatic carbocycles. The second kappa shape index (κ2) is 12.8. The first-order valence-corrected chi connectivity index (χ1v) is 18.8. The molecule has 10 aromatic rings. The lowest BCUT2D eigenvalue weighted by molar-refractivity contribution is 0.409. The van der Waals surface area contributed by atoms with Crippen LogP contribution in [0.4, 0.5) is 0 Å². The summed E-state index contributed by atoms with van der Waals surface area (Å²) in [5, 5.41) is 17.2. The third-order valence-electron chi connectivity index (χ3n) is 11.1. The van der Waals surface area contributed by atoms with Crippen molar-refractivity contribution in [3.63, 3.8) is 0 Å². The molecule has 1 aliphatic heterocycles. The van der Waals surface area contributed by atoms with Gasteiger partial charge in [0.2, 0.25) is 0 Å². The van der Waals surface area contributed by atoms with Crippen LogP contribution < -0.4 is 10.6 Å². The van der Waals surface area contributed by atoms with E-state index in [2.05, 4.69) is 199 Å². The van der Waals surface area contributed by atoms with Gasteiger partial charge in [-0.1, -0.05) is 164 Å². The first-order chi connectivity index (χ1) is 27.2. The molecule has 55 heavy (non-hydrogen) atoms. The van der Waals surface area contributed by atoms with Gasteiger partial charge in [0.05, 0.1) is 0 Å². The van der Waals surface area contributed by atoms with Gasteiger partial charge < -0.3 is 9.73 Å². The van der Waals surface area contributed by atoms with E-state index >= 15 is 0 Å². The molecule has 4 heteroatoms. The minimum atomic E-state index is -0.295. The largest absolute Gasteiger partial charge is 0.456 e. The topological polar surface area (TPSA) is 49.6 Å². The van der Waals surface area contributed by atoms with Gasteiger partial charge in [0.1, 0.15) is 29.3 Å². The lowest BCUT2D eigenvalue weighted by atomic mass is 9.95. The van der Waals surface area contributed by atoms with E-state index in [4.69, 9.17) is 9.41 Å². The van der Waals surface area contributed by atoms with Crippen molar-refractivity contribution in [2.45, 2.75) is 12.3 Å². The first kappa shape index (κ1) is 31.5. The van der Waals surface area contributed by atoms with Crippen LogP contribution in [0.25, 0.3) is 76.5 Å². The van der Waals surface area contributed by atoms with Crippen molar-refractivity contribution in [1.82, 2.24) is 10.6 Å². The SMILES string of the molecule is c1ccc(-c2ccc(-c3cccc4oc5cccc(C6=NC(c7ccc8ccccc8c7)NC(c7ccc8c(ccc9ccccc98)c7)N6)c5c34)cc2)cc1. The van der Waals surface area contributed by atoms with Crippen molar-refractivity contribution < 1.29 is 4.42 Å². The van der Waals surface area contributed by atoms with Crippen LogP contribution in [-0.2, 0) is 0 Å². The van der Waals surface area contributed by atoms with Crippen LogP contribution in [0.2, 0.25) is 0 Å². The third kappa shape index (κ3) is 5.46. The molecule has 0 aliphatic carbocycles. The number of hydrogen-bond acceptors (Lipinski definition) is 4. The molecule has 1 aliphatic rings. The molecule has 2 heterocycles. The summed E-state index contributed by atoms with van der Waals surface area (Å²) in [6.07, 6.45) is -0.505. The Labute approximate surface area is 318 Å². The minimum absolute atomic E-state index is 0.210. The second-order valence-corrected chi connectivity index (χ2v) is 14.4. The van der Waals surface area contributed by atoms with Crippen LogP contribution in [0.3, 0.4) is 0 Å². The Kier molecular flexibility index (Phi) is 7.35. The van der Waals surface area contributed by atoms with E-state index in [1.807, 2.05) is 0 Å². The molecular formula is C51H35N3O. The minimum Gasteiger partial charge on any atom is -0.456 e. The predicted octanol–water partition coefficient (Wildman–Crippen LogP) is 12.7. The highest BCUT2D eigenvalue weighted by atomic mass is 16.3. The second-order valence-electron chi connectivity index (χ2n) is 14.4. The summed E-state index contributed by atoms with van der Waals surface area (Å²) < 4.78 is 6.60. The molecular weight excluding hydrogens is 671 g/mol. The number of fused-ring (bicyclic) bond motifs is 7. The predicted molar refractivity (Wildman–Crippen MR) is 228 cm³/mol. The Hall–Kier alpha value is -7.01. The van der Waals surface area contributed by atoms with Gasteiger partial charge >= 0.3 is 0 Å². The van der Waals surface area contributed by atoms with Gasteiger partial charge in [-0.3, -0.25) is 5.32 Å². The molecule has 2 atom stereocenters. The molecule has 2 N–H and O–H groups in total. The lowest BCUT2D eigenvalue weighted by Crippen LogP contribution is -2.45. The van der Waals surface area contributed by atoms with Gasteiger partial charge in [-0.15, -0.1) is 0 Å². The van der Waals surface area contributed by atoms with E-state index in [1.165, 1.54) is 43.4 Å². The fraction of sp³-hybridized carbons (Fsp3) is 0.0392. The molecule has 0 saturated carbocycles. The molecule has 0 bridgehead atoms. The van der Waals surface area contributed by atoms with E-state index in [-0.39, 0.29) is 12.3 Å². The number of furan rings is 1. The van der Waals surface area contributed by atoms with Gasteiger partial charge in [0, 0.05) is 16.3 Å². The average Bonchev–Trinajstić information content (AvgIpc) is 3.65. The zero-order chi connectivity index (χ0) is 36.3. The van der Waals surface area contributed by atoms with Gasteiger partial charge in [-0.05, 0) is 90.0 Å². The molecule has 0 amide bonds. The summed E-state index contributed by atoms with van der Waals surface area (Å²) in [6, 6.07) is 67.0. The Morgan fingerprint density at radius 2 is 1.02 bits per heavy atom. The summed E-state index contributed by atoms with van der Waals surface area (Å²) in [6.45, 7) is 0. The molecule has 0 radical (unpaired) electrons. The Morgan fingerprint density at radius 1 is 0.418 bits per heavy atom. The van der Waals surface area contributed by atoms with Crippen LogP contribution in [0, 0.1) is 0 Å². The maximum Gasteiger partial charge on any atom is 0.136 e. The van der Waals surface area contributed by atoms with E-state index < -0.39 is 0 Å². The highest BCUT2D eigenvalue weighted by Gasteiger charge is 2.28. The smallest absolute Gasteiger partial charge is 0.136 e. The molecule has 0 saturated heterocycles. The fourth-order valence-electron chi connectivity index (χ4n) is 8.40. The number of nitrogens with zero attached hydrogens (tertiary/aromatic N) is 1. The van der Waals surface area contributed by atoms with Crippen molar-refractivity contribution in [3.8, 4) is 22.3 Å². The van der Waals surface area contributed by atoms with Crippen LogP contribution in [-0.4, -0.2) is 5.84 Å². The summed E-state index contributed by atoms with van der Waals surface area (Å²) in [5.41, 5.74) is 9.60. The highest BCUT2D eigenvalue weighted by Crippen LogP contribution is 2.40. The van der Waals surface area contributed by atoms with Crippen LogP contribution in [0.5, 0.6) is 0 Å².